The molecule has 0 spiro atoms. The number of nitrogens with zero attached hydrogens (tertiary/aromatic N) is 2. The Balaban J connectivity index is 2.82. The molecular weight excluding hydrogens is 174 g/mol. The zero-order valence-electron chi connectivity index (χ0n) is 9.41. The summed E-state index contributed by atoms with van der Waals surface area (Å²) in [6.45, 7) is 7.30. The fourth-order valence-corrected chi connectivity index (χ4v) is 1.43. The molecule has 78 valence electrons. The Morgan fingerprint density at radius 2 is 2.36 bits per heavy atom. The van der Waals surface area contributed by atoms with Crippen LogP contribution in [0.15, 0.2) is 24.0 Å². The van der Waals surface area contributed by atoms with E-state index in [-0.39, 0.29) is 0 Å². The molecule has 0 saturated carbocycles. The highest BCUT2D eigenvalue weighted by Gasteiger charge is 2.08. The molecule has 0 fully saturated rings. The SMILES string of the molecule is CCNC(C=C(C)C)c1cnn(C)c1. The molecule has 0 bridgehead atoms. The molecule has 0 aromatic carbocycles. The van der Waals surface area contributed by atoms with Crippen molar-refractivity contribution >= 4 is 0 Å². The fraction of sp³-hybridized carbons (Fsp3) is 0.545. The lowest BCUT2D eigenvalue weighted by Gasteiger charge is -2.12. The second-order valence-electron chi connectivity index (χ2n) is 3.73. The molecule has 1 unspecified atom stereocenters. The van der Waals surface area contributed by atoms with Crippen LogP contribution in [-0.4, -0.2) is 16.3 Å². The third kappa shape index (κ3) is 3.00. The van der Waals surface area contributed by atoms with Crippen molar-refractivity contribution in [2.24, 2.45) is 7.05 Å². The molecule has 3 heteroatoms. The second-order valence-corrected chi connectivity index (χ2v) is 3.73. The Kier molecular flexibility index (Phi) is 3.89. The first-order chi connectivity index (χ1) is 6.63. The van der Waals surface area contributed by atoms with Gasteiger partial charge in [0.15, 0.2) is 0 Å². The van der Waals surface area contributed by atoms with Gasteiger partial charge in [0.1, 0.15) is 0 Å². The van der Waals surface area contributed by atoms with Crippen LogP contribution in [0.1, 0.15) is 32.4 Å². The van der Waals surface area contributed by atoms with E-state index in [1.165, 1.54) is 11.1 Å². The summed E-state index contributed by atoms with van der Waals surface area (Å²) in [7, 11) is 1.94. The molecule has 1 heterocycles. The molecule has 0 amide bonds. The third-order valence-corrected chi connectivity index (χ3v) is 2.01. The van der Waals surface area contributed by atoms with Crippen LogP contribution in [0.5, 0.6) is 0 Å². The third-order valence-electron chi connectivity index (χ3n) is 2.01. The van der Waals surface area contributed by atoms with Gasteiger partial charge in [0.25, 0.3) is 0 Å². The van der Waals surface area contributed by atoms with Gasteiger partial charge in [-0.1, -0.05) is 18.6 Å². The molecule has 1 aromatic heterocycles. The van der Waals surface area contributed by atoms with Gasteiger partial charge >= 0.3 is 0 Å². The zero-order valence-corrected chi connectivity index (χ0v) is 9.41. The Bertz CT molecular complexity index is 308. The minimum Gasteiger partial charge on any atom is -0.307 e. The number of rotatable bonds is 4. The van der Waals surface area contributed by atoms with Crippen LogP contribution < -0.4 is 5.32 Å². The Morgan fingerprint density at radius 1 is 1.64 bits per heavy atom. The van der Waals surface area contributed by atoms with E-state index < -0.39 is 0 Å². The Hall–Kier alpha value is -1.09. The number of allylic oxidation sites excluding steroid dienone is 1. The molecular formula is C11H19N3. The molecule has 3 nitrogen and oxygen atoms in total. The van der Waals surface area contributed by atoms with Crippen molar-refractivity contribution in [3.05, 3.63) is 29.6 Å². The van der Waals surface area contributed by atoms with E-state index in [4.69, 9.17) is 0 Å². The number of hydrogen-bond donors (Lipinski definition) is 1. The number of likely N-dealkylation sites (N-methyl/N-ethyl adjacent to an activating group) is 1. The average molecular weight is 193 g/mol. The van der Waals surface area contributed by atoms with Crippen molar-refractivity contribution in [3.8, 4) is 0 Å². The van der Waals surface area contributed by atoms with Crippen molar-refractivity contribution in [1.29, 1.82) is 0 Å². The van der Waals surface area contributed by atoms with E-state index in [1.807, 2.05) is 24.1 Å². The van der Waals surface area contributed by atoms with Crippen molar-refractivity contribution in [1.82, 2.24) is 15.1 Å². The first-order valence-electron chi connectivity index (χ1n) is 5.00. The molecule has 0 aliphatic heterocycles. The Morgan fingerprint density at radius 3 is 2.79 bits per heavy atom. The number of nitrogens with one attached hydrogen (secondary N) is 1. The quantitative estimate of drug-likeness (QED) is 0.742. The first kappa shape index (κ1) is 11.0. The van der Waals surface area contributed by atoms with Crippen molar-refractivity contribution in [2.75, 3.05) is 6.54 Å². The highest BCUT2D eigenvalue weighted by Crippen LogP contribution is 2.14. The van der Waals surface area contributed by atoms with Gasteiger partial charge in [-0.3, -0.25) is 4.68 Å². The van der Waals surface area contributed by atoms with Crippen molar-refractivity contribution in [3.63, 3.8) is 0 Å². The molecule has 1 atom stereocenters. The predicted molar refractivity (Wildman–Crippen MR) is 59.1 cm³/mol. The van der Waals surface area contributed by atoms with Gasteiger partial charge in [-0.15, -0.1) is 0 Å². The molecule has 1 N–H and O–H groups in total. The Labute approximate surface area is 85.8 Å². The monoisotopic (exact) mass is 193 g/mol. The van der Waals surface area contributed by atoms with Crippen LogP contribution in [0, 0.1) is 0 Å². The van der Waals surface area contributed by atoms with Crippen LogP contribution in [0.3, 0.4) is 0 Å². The molecule has 1 aromatic rings. The summed E-state index contributed by atoms with van der Waals surface area (Å²) < 4.78 is 1.83. The molecule has 0 radical (unpaired) electrons. The highest BCUT2D eigenvalue weighted by atomic mass is 15.2. The first-order valence-corrected chi connectivity index (χ1v) is 5.00. The summed E-state index contributed by atoms with van der Waals surface area (Å²) in [5, 5.41) is 7.59. The zero-order chi connectivity index (χ0) is 10.6. The summed E-state index contributed by atoms with van der Waals surface area (Å²) in [5.74, 6) is 0. The summed E-state index contributed by atoms with van der Waals surface area (Å²) >= 11 is 0. The standard InChI is InChI=1S/C11H19N3/c1-5-12-11(6-9(2)3)10-7-13-14(4)8-10/h6-8,11-12H,5H2,1-4H3. The summed E-state index contributed by atoms with van der Waals surface area (Å²) in [4.78, 5) is 0. The molecule has 1 rings (SSSR count). The van der Waals surface area contributed by atoms with Crippen LogP contribution >= 0.6 is 0 Å². The summed E-state index contributed by atoms with van der Waals surface area (Å²) in [6.07, 6.45) is 6.18. The lowest BCUT2D eigenvalue weighted by atomic mass is 10.1. The van der Waals surface area contributed by atoms with Gasteiger partial charge in [-0.2, -0.15) is 5.10 Å². The van der Waals surface area contributed by atoms with Gasteiger partial charge in [0, 0.05) is 18.8 Å². The topological polar surface area (TPSA) is 29.9 Å². The molecule has 0 aliphatic carbocycles. The number of aromatic nitrogens is 2. The van der Waals surface area contributed by atoms with E-state index in [0.29, 0.717) is 6.04 Å². The average Bonchev–Trinajstić information content (AvgIpc) is 2.50. The van der Waals surface area contributed by atoms with E-state index in [0.717, 1.165) is 6.54 Å². The maximum Gasteiger partial charge on any atom is 0.0540 e. The minimum absolute atomic E-state index is 0.290. The van der Waals surface area contributed by atoms with Crippen LogP contribution in [0.25, 0.3) is 0 Å². The number of aryl methyl sites for hydroxylation is 1. The van der Waals surface area contributed by atoms with Crippen LogP contribution in [-0.2, 0) is 7.05 Å². The van der Waals surface area contributed by atoms with E-state index in [1.54, 1.807) is 0 Å². The predicted octanol–water partition coefficient (Wildman–Crippen LogP) is 2.04. The van der Waals surface area contributed by atoms with Crippen molar-refractivity contribution < 1.29 is 0 Å². The number of hydrogen-bond acceptors (Lipinski definition) is 2. The lowest BCUT2D eigenvalue weighted by molar-refractivity contribution is 0.643. The van der Waals surface area contributed by atoms with Crippen LogP contribution in [0.2, 0.25) is 0 Å². The smallest absolute Gasteiger partial charge is 0.0540 e. The van der Waals surface area contributed by atoms with E-state index in [2.05, 4.69) is 37.3 Å². The molecule has 0 aliphatic rings. The minimum atomic E-state index is 0.290. The fourth-order valence-electron chi connectivity index (χ4n) is 1.43. The summed E-state index contributed by atoms with van der Waals surface area (Å²) in [5.41, 5.74) is 2.54. The van der Waals surface area contributed by atoms with Gasteiger partial charge < -0.3 is 5.32 Å². The van der Waals surface area contributed by atoms with Gasteiger partial charge in [-0.25, -0.2) is 0 Å². The molecule has 14 heavy (non-hydrogen) atoms. The van der Waals surface area contributed by atoms with Gasteiger partial charge in [0.05, 0.1) is 12.2 Å². The van der Waals surface area contributed by atoms with E-state index >= 15 is 0 Å². The normalized spacial score (nSPS) is 12.6. The summed E-state index contributed by atoms with van der Waals surface area (Å²) in [6, 6.07) is 0.290. The molecule has 0 saturated heterocycles. The maximum atomic E-state index is 4.17. The lowest BCUT2D eigenvalue weighted by Crippen LogP contribution is -2.18. The maximum absolute atomic E-state index is 4.17. The van der Waals surface area contributed by atoms with Crippen molar-refractivity contribution in [2.45, 2.75) is 26.8 Å². The second kappa shape index (κ2) is 4.96. The van der Waals surface area contributed by atoms with Gasteiger partial charge in [0.2, 0.25) is 0 Å². The van der Waals surface area contributed by atoms with Crippen LogP contribution in [0.4, 0.5) is 0 Å². The highest BCUT2D eigenvalue weighted by molar-refractivity contribution is 5.18. The van der Waals surface area contributed by atoms with Gasteiger partial charge in [-0.05, 0) is 20.4 Å². The van der Waals surface area contributed by atoms with E-state index in [9.17, 15) is 0 Å². The largest absolute Gasteiger partial charge is 0.307 e.